The van der Waals surface area contributed by atoms with E-state index in [2.05, 4.69) is 37.8 Å². The van der Waals surface area contributed by atoms with Crippen molar-refractivity contribution in [3.05, 3.63) is 18.3 Å². The molecule has 0 unspecified atom stereocenters. The van der Waals surface area contributed by atoms with Gasteiger partial charge in [-0.2, -0.15) is 0 Å². The smallest absolute Gasteiger partial charge is 0.322 e. The molecule has 9 heteroatoms. The second-order valence-electron chi connectivity index (χ2n) is 6.29. The molecule has 1 atom stereocenters. The molecular formula is C16H22N6O3. The van der Waals surface area contributed by atoms with Gasteiger partial charge in [-0.15, -0.1) is 0 Å². The first-order chi connectivity index (χ1) is 12.0. The zero-order valence-electron chi connectivity index (χ0n) is 14.1. The minimum atomic E-state index is -0.647. The maximum absolute atomic E-state index is 12.0. The quantitative estimate of drug-likeness (QED) is 0.636. The zero-order chi connectivity index (χ0) is 17.8. The fourth-order valence-electron chi connectivity index (χ4n) is 2.85. The molecule has 0 saturated carbocycles. The summed E-state index contributed by atoms with van der Waals surface area (Å²) in [4.78, 5) is 43.2. The van der Waals surface area contributed by atoms with Crippen molar-refractivity contribution in [1.29, 1.82) is 0 Å². The molecule has 0 spiro atoms. The third-order valence-electron chi connectivity index (χ3n) is 4.40. The molecule has 25 heavy (non-hydrogen) atoms. The minimum absolute atomic E-state index is 0.125. The maximum atomic E-state index is 12.0. The number of pyridine rings is 1. The van der Waals surface area contributed by atoms with Gasteiger partial charge in [-0.1, -0.05) is 0 Å². The highest BCUT2D eigenvalue weighted by Crippen LogP contribution is 2.17. The van der Waals surface area contributed by atoms with E-state index >= 15 is 0 Å². The summed E-state index contributed by atoms with van der Waals surface area (Å²) in [5, 5.41) is 7.31. The fourth-order valence-corrected chi connectivity index (χ4v) is 2.85. The lowest BCUT2D eigenvalue weighted by Crippen LogP contribution is -2.44. The van der Waals surface area contributed by atoms with E-state index < -0.39 is 18.0 Å². The molecule has 2 saturated heterocycles. The summed E-state index contributed by atoms with van der Waals surface area (Å²) in [5.41, 5.74) is 1.04. The number of nitrogens with one attached hydrogen (secondary N) is 3. The van der Waals surface area contributed by atoms with Gasteiger partial charge in [-0.3, -0.25) is 14.9 Å². The highest BCUT2D eigenvalue weighted by atomic mass is 16.2. The van der Waals surface area contributed by atoms with Gasteiger partial charge in [0.2, 0.25) is 5.91 Å². The maximum Gasteiger partial charge on any atom is 0.322 e. The van der Waals surface area contributed by atoms with Gasteiger partial charge in [0.05, 0.1) is 11.9 Å². The molecule has 3 rings (SSSR count). The van der Waals surface area contributed by atoms with Crippen LogP contribution in [0, 0.1) is 0 Å². The number of imide groups is 1. The predicted octanol–water partition coefficient (Wildman–Crippen LogP) is -0.240. The Morgan fingerprint density at radius 1 is 1.28 bits per heavy atom. The molecule has 2 fully saturated rings. The molecule has 2 aliphatic rings. The van der Waals surface area contributed by atoms with Crippen LogP contribution in [0.3, 0.4) is 0 Å². The van der Waals surface area contributed by atoms with Crippen LogP contribution < -0.4 is 20.9 Å². The van der Waals surface area contributed by atoms with Gasteiger partial charge >= 0.3 is 6.03 Å². The van der Waals surface area contributed by atoms with Gasteiger partial charge in [0.1, 0.15) is 11.9 Å². The van der Waals surface area contributed by atoms with E-state index in [1.54, 1.807) is 12.3 Å². The molecular weight excluding hydrogens is 324 g/mol. The SMILES string of the molecule is CN1CCN(c2ccc(NC(=O)CC[C@H]3NC(=O)NC3=O)nc2)CC1. The highest BCUT2D eigenvalue weighted by Gasteiger charge is 2.29. The molecule has 0 aliphatic carbocycles. The van der Waals surface area contributed by atoms with Crippen molar-refractivity contribution in [3.8, 4) is 0 Å². The topological polar surface area (TPSA) is 107 Å². The summed E-state index contributed by atoms with van der Waals surface area (Å²) in [6, 6.07) is 2.55. The highest BCUT2D eigenvalue weighted by molar-refractivity contribution is 6.04. The number of carbonyl (C=O) groups is 3. The largest absolute Gasteiger partial charge is 0.368 e. The summed E-state index contributed by atoms with van der Waals surface area (Å²) in [6.07, 6.45) is 2.13. The Labute approximate surface area is 145 Å². The number of anilines is 2. The number of nitrogens with zero attached hydrogens (tertiary/aromatic N) is 3. The second-order valence-corrected chi connectivity index (χ2v) is 6.29. The van der Waals surface area contributed by atoms with Crippen LogP contribution in [0.1, 0.15) is 12.8 Å². The Balaban J connectivity index is 1.47. The van der Waals surface area contributed by atoms with Gasteiger partial charge in [-0.05, 0) is 25.6 Å². The Kier molecular flexibility index (Phi) is 5.13. The number of likely N-dealkylation sites (N-methyl/N-ethyl adjacent to an activating group) is 1. The average Bonchev–Trinajstić information content (AvgIpc) is 2.92. The Morgan fingerprint density at radius 3 is 2.64 bits per heavy atom. The van der Waals surface area contributed by atoms with Crippen molar-refractivity contribution in [2.75, 3.05) is 43.4 Å². The van der Waals surface area contributed by atoms with Crippen molar-refractivity contribution in [2.24, 2.45) is 0 Å². The van der Waals surface area contributed by atoms with E-state index in [1.165, 1.54) is 0 Å². The van der Waals surface area contributed by atoms with Gasteiger partial charge in [0, 0.05) is 32.6 Å². The van der Waals surface area contributed by atoms with Crippen LogP contribution >= 0.6 is 0 Å². The molecule has 2 aliphatic heterocycles. The first-order valence-electron chi connectivity index (χ1n) is 8.32. The average molecular weight is 346 g/mol. The van der Waals surface area contributed by atoms with Crippen LogP contribution in [0.4, 0.5) is 16.3 Å². The number of amides is 4. The van der Waals surface area contributed by atoms with Crippen molar-refractivity contribution in [1.82, 2.24) is 20.5 Å². The second kappa shape index (κ2) is 7.47. The van der Waals surface area contributed by atoms with Crippen LogP contribution in [-0.2, 0) is 9.59 Å². The van der Waals surface area contributed by atoms with Crippen molar-refractivity contribution in [2.45, 2.75) is 18.9 Å². The molecule has 1 aromatic heterocycles. The number of aromatic nitrogens is 1. The molecule has 3 heterocycles. The molecule has 4 amide bonds. The monoisotopic (exact) mass is 346 g/mol. The van der Waals surface area contributed by atoms with Gasteiger partial charge in [-0.25, -0.2) is 9.78 Å². The molecule has 134 valence electrons. The van der Waals surface area contributed by atoms with E-state index in [1.807, 2.05) is 6.07 Å². The van der Waals surface area contributed by atoms with Gasteiger partial charge < -0.3 is 20.4 Å². The van der Waals surface area contributed by atoms with Crippen molar-refractivity contribution < 1.29 is 14.4 Å². The number of urea groups is 1. The normalized spacial score (nSPS) is 21.0. The molecule has 9 nitrogen and oxygen atoms in total. The molecule has 0 bridgehead atoms. The third-order valence-corrected chi connectivity index (χ3v) is 4.40. The summed E-state index contributed by atoms with van der Waals surface area (Å²) in [5.74, 6) is -0.163. The Hall–Kier alpha value is -2.68. The first kappa shape index (κ1) is 17.2. The third kappa shape index (κ3) is 4.44. The molecule has 3 N–H and O–H groups in total. The summed E-state index contributed by atoms with van der Waals surface area (Å²) in [7, 11) is 2.11. The lowest BCUT2D eigenvalue weighted by atomic mass is 10.1. The van der Waals surface area contributed by atoms with E-state index in [4.69, 9.17) is 0 Å². The fraction of sp³-hybridized carbons (Fsp3) is 0.500. The van der Waals surface area contributed by atoms with E-state index in [-0.39, 0.29) is 18.7 Å². The molecule has 0 radical (unpaired) electrons. The lowest BCUT2D eigenvalue weighted by Gasteiger charge is -2.33. The number of rotatable bonds is 5. The van der Waals surface area contributed by atoms with Crippen molar-refractivity contribution in [3.63, 3.8) is 0 Å². The molecule has 0 aromatic carbocycles. The Morgan fingerprint density at radius 2 is 2.04 bits per heavy atom. The van der Waals surface area contributed by atoms with Gasteiger partial charge in [0.15, 0.2) is 0 Å². The first-order valence-corrected chi connectivity index (χ1v) is 8.32. The zero-order valence-corrected chi connectivity index (χ0v) is 14.1. The van der Waals surface area contributed by atoms with Crippen LogP contribution in [0.15, 0.2) is 18.3 Å². The minimum Gasteiger partial charge on any atom is -0.368 e. The summed E-state index contributed by atoms with van der Waals surface area (Å²) >= 11 is 0. The van der Waals surface area contributed by atoms with E-state index in [0.29, 0.717) is 5.82 Å². The summed E-state index contributed by atoms with van der Waals surface area (Å²) < 4.78 is 0. The van der Waals surface area contributed by atoms with Crippen LogP contribution in [0.5, 0.6) is 0 Å². The number of carbonyl (C=O) groups excluding carboxylic acids is 3. The van der Waals surface area contributed by atoms with E-state index in [0.717, 1.165) is 31.9 Å². The standard InChI is InChI=1S/C16H22N6O3/c1-21-6-8-22(9-7-21)11-2-4-13(17-10-11)19-14(23)5-3-12-15(24)20-16(25)18-12/h2,4,10,12H,3,5-9H2,1H3,(H,17,19,23)(H2,18,20,24,25)/t12-/m1/s1. The van der Waals surface area contributed by atoms with Crippen LogP contribution in [-0.4, -0.2) is 67.0 Å². The molecule has 1 aromatic rings. The summed E-state index contributed by atoms with van der Waals surface area (Å²) in [6.45, 7) is 3.95. The van der Waals surface area contributed by atoms with Crippen LogP contribution in [0.25, 0.3) is 0 Å². The predicted molar refractivity (Wildman–Crippen MR) is 92.3 cm³/mol. The number of hydrogen-bond acceptors (Lipinski definition) is 6. The number of hydrogen-bond donors (Lipinski definition) is 3. The number of piperazine rings is 1. The Bertz CT molecular complexity index is 654. The van der Waals surface area contributed by atoms with Crippen molar-refractivity contribution >= 4 is 29.4 Å². The lowest BCUT2D eigenvalue weighted by molar-refractivity contribution is -0.120. The van der Waals surface area contributed by atoms with Gasteiger partial charge in [0.25, 0.3) is 5.91 Å². The van der Waals surface area contributed by atoms with Crippen LogP contribution in [0.2, 0.25) is 0 Å². The van der Waals surface area contributed by atoms with E-state index in [9.17, 15) is 14.4 Å².